The molecular formula is C11H10BF2N2. The van der Waals surface area contributed by atoms with E-state index >= 15 is 0 Å². The molecule has 0 aromatic carbocycles. The Morgan fingerprint density at radius 3 is 2.88 bits per heavy atom. The molecule has 1 aromatic heterocycles. The quantitative estimate of drug-likeness (QED) is 0.480. The molecule has 5 heteroatoms. The maximum absolute atomic E-state index is 13.6. The largest absolute Gasteiger partial charge is 0.398 e. The molecule has 2 nitrogen and oxygen atoms in total. The average Bonchev–Trinajstić information content (AvgIpc) is 2.74. The zero-order chi connectivity index (χ0) is 11.4. The number of allylic oxidation sites excluding steroid dienone is 1. The van der Waals surface area contributed by atoms with Crippen molar-refractivity contribution >= 4 is 13.6 Å². The number of rotatable bonds is 0. The summed E-state index contributed by atoms with van der Waals surface area (Å²) >= 11 is 0. The van der Waals surface area contributed by atoms with Crippen LogP contribution in [0.3, 0.4) is 0 Å². The molecule has 0 N–H and O–H groups in total. The van der Waals surface area contributed by atoms with Gasteiger partial charge in [-0.05, 0) is 37.8 Å². The van der Waals surface area contributed by atoms with Crippen molar-refractivity contribution in [2.24, 2.45) is 0 Å². The maximum Gasteiger partial charge on any atom is 0.398 e. The van der Waals surface area contributed by atoms with Gasteiger partial charge in [0.05, 0.1) is 0 Å². The molecule has 1 unspecified atom stereocenters. The molecule has 0 aliphatic carbocycles. The molecule has 16 heavy (non-hydrogen) atoms. The second-order valence-corrected chi connectivity index (χ2v) is 4.15. The molecule has 0 saturated carbocycles. The Hall–Kier alpha value is -1.52. The van der Waals surface area contributed by atoms with Crippen LogP contribution in [0.15, 0.2) is 29.4 Å². The second-order valence-electron chi connectivity index (χ2n) is 4.15. The summed E-state index contributed by atoms with van der Waals surface area (Å²) in [5.74, 6) is -0.689. The van der Waals surface area contributed by atoms with Crippen LogP contribution in [0.2, 0.25) is 0 Å². The summed E-state index contributed by atoms with van der Waals surface area (Å²) in [6, 6.07) is 1.95. The van der Waals surface area contributed by atoms with Crippen molar-refractivity contribution in [3.8, 4) is 0 Å². The smallest absolute Gasteiger partial charge is 0.375 e. The Morgan fingerprint density at radius 2 is 2.12 bits per heavy atom. The average molecular weight is 219 g/mol. The minimum absolute atomic E-state index is 0.385. The number of hydrogen-bond acceptors (Lipinski definition) is 1. The number of aryl methyl sites for hydroxylation is 1. The van der Waals surface area contributed by atoms with Gasteiger partial charge in [0.15, 0.2) is 5.83 Å². The first-order chi connectivity index (χ1) is 7.59. The molecular weight excluding hydrogens is 209 g/mol. The van der Waals surface area contributed by atoms with Crippen LogP contribution in [0, 0.1) is 6.92 Å². The van der Waals surface area contributed by atoms with Crippen molar-refractivity contribution in [3.05, 3.63) is 40.6 Å². The number of alkyl halides is 1. The zero-order valence-corrected chi connectivity index (χ0v) is 9.04. The van der Waals surface area contributed by atoms with Gasteiger partial charge in [-0.25, -0.2) is 8.78 Å². The van der Waals surface area contributed by atoms with E-state index in [9.17, 15) is 8.78 Å². The summed E-state index contributed by atoms with van der Waals surface area (Å²) in [5, 5.41) is 0. The topological polar surface area (TPSA) is 8.17 Å². The highest BCUT2D eigenvalue weighted by Gasteiger charge is 2.38. The lowest BCUT2D eigenvalue weighted by Gasteiger charge is -2.27. The molecule has 0 spiro atoms. The van der Waals surface area contributed by atoms with E-state index < -0.39 is 12.1 Å². The standard InChI is InChI=1S/C11H10BF2N2/c1-6-3-4-15-8(6)5-9-7(2)10(13)11(14)16(9)12-15/h3-5,11H,1-2H3. The molecule has 2 aliphatic heterocycles. The Balaban J connectivity index is 2.16. The van der Waals surface area contributed by atoms with Crippen molar-refractivity contribution in [1.82, 2.24) is 9.29 Å². The van der Waals surface area contributed by atoms with E-state index in [1.807, 2.05) is 25.3 Å². The first kappa shape index (κ1) is 9.69. The van der Waals surface area contributed by atoms with Gasteiger partial charge in [-0.15, -0.1) is 0 Å². The highest BCUT2D eigenvalue weighted by molar-refractivity contribution is 6.33. The molecule has 3 heterocycles. The minimum Gasteiger partial charge on any atom is -0.375 e. The molecule has 1 atom stereocenters. The van der Waals surface area contributed by atoms with Gasteiger partial charge in [-0.1, -0.05) is 0 Å². The lowest BCUT2D eigenvalue weighted by Crippen LogP contribution is -2.37. The van der Waals surface area contributed by atoms with Crippen LogP contribution in [0.1, 0.15) is 18.2 Å². The van der Waals surface area contributed by atoms with Gasteiger partial charge in [-0.3, -0.25) is 0 Å². The summed E-state index contributed by atoms with van der Waals surface area (Å²) in [5.41, 5.74) is 3.07. The van der Waals surface area contributed by atoms with Crippen LogP contribution < -0.4 is 0 Å². The SMILES string of the molecule is CC1=C(F)C(F)N2[B]n3ccc(C)c3C=C12. The van der Waals surface area contributed by atoms with E-state index in [1.165, 1.54) is 4.81 Å². The van der Waals surface area contributed by atoms with Crippen LogP contribution in [0.5, 0.6) is 0 Å². The normalized spacial score (nSPS) is 22.9. The van der Waals surface area contributed by atoms with E-state index in [2.05, 4.69) is 0 Å². The van der Waals surface area contributed by atoms with E-state index in [0.717, 1.165) is 11.3 Å². The number of aromatic nitrogens is 1. The molecule has 0 saturated heterocycles. The third-order valence-corrected chi connectivity index (χ3v) is 3.16. The zero-order valence-electron chi connectivity index (χ0n) is 9.04. The van der Waals surface area contributed by atoms with E-state index in [-0.39, 0.29) is 0 Å². The Labute approximate surface area is 93.1 Å². The summed E-state index contributed by atoms with van der Waals surface area (Å²) in [7, 11) is 1.60. The fourth-order valence-electron chi connectivity index (χ4n) is 2.16. The van der Waals surface area contributed by atoms with E-state index in [4.69, 9.17) is 0 Å². The number of hydrogen-bond donors (Lipinski definition) is 0. The molecule has 1 aromatic rings. The molecule has 0 fully saturated rings. The highest BCUT2D eigenvalue weighted by atomic mass is 19.2. The van der Waals surface area contributed by atoms with Gasteiger partial charge >= 0.3 is 7.55 Å². The van der Waals surface area contributed by atoms with Gasteiger partial charge < -0.3 is 9.29 Å². The molecule has 3 rings (SSSR count). The number of nitrogens with zero attached hydrogens (tertiary/aromatic N) is 2. The molecule has 0 amide bonds. The lowest BCUT2D eigenvalue weighted by atomic mass is 9.99. The molecule has 81 valence electrons. The van der Waals surface area contributed by atoms with Gasteiger partial charge in [0, 0.05) is 17.0 Å². The minimum atomic E-state index is -1.68. The van der Waals surface area contributed by atoms with Crippen LogP contribution in [0.4, 0.5) is 8.78 Å². The third-order valence-electron chi connectivity index (χ3n) is 3.16. The number of fused-ring (bicyclic) bond motifs is 2. The molecule has 2 aliphatic rings. The summed E-state index contributed by atoms with van der Waals surface area (Å²) in [6.45, 7) is 3.58. The van der Waals surface area contributed by atoms with Crippen LogP contribution in [0.25, 0.3) is 6.08 Å². The summed E-state index contributed by atoms with van der Waals surface area (Å²) < 4.78 is 28.9. The van der Waals surface area contributed by atoms with Crippen molar-refractivity contribution < 1.29 is 8.78 Å². The fraction of sp³-hybridized carbons (Fsp3) is 0.273. The third kappa shape index (κ3) is 1.06. The molecule has 0 bridgehead atoms. The van der Waals surface area contributed by atoms with Crippen molar-refractivity contribution in [2.45, 2.75) is 20.1 Å². The fourth-order valence-corrected chi connectivity index (χ4v) is 2.16. The summed E-state index contributed by atoms with van der Waals surface area (Å²) in [4.78, 5) is 1.32. The predicted molar refractivity (Wildman–Crippen MR) is 58.8 cm³/mol. The first-order valence-electron chi connectivity index (χ1n) is 5.13. The molecule has 1 radical (unpaired) electrons. The van der Waals surface area contributed by atoms with Gasteiger partial charge in [0.1, 0.15) is 0 Å². The van der Waals surface area contributed by atoms with Crippen molar-refractivity contribution in [1.29, 1.82) is 0 Å². The Morgan fingerprint density at radius 1 is 1.38 bits per heavy atom. The van der Waals surface area contributed by atoms with Crippen LogP contribution >= 0.6 is 0 Å². The summed E-state index contributed by atoms with van der Waals surface area (Å²) in [6.07, 6.45) is 1.99. The van der Waals surface area contributed by atoms with Crippen LogP contribution in [-0.4, -0.2) is 23.1 Å². The van der Waals surface area contributed by atoms with E-state index in [1.54, 1.807) is 19.0 Å². The Kier molecular flexibility index (Phi) is 1.82. The van der Waals surface area contributed by atoms with Crippen LogP contribution in [-0.2, 0) is 0 Å². The van der Waals surface area contributed by atoms with Gasteiger partial charge in [0.2, 0.25) is 6.30 Å². The predicted octanol–water partition coefficient (Wildman–Crippen LogP) is 2.39. The first-order valence-corrected chi connectivity index (χ1v) is 5.13. The monoisotopic (exact) mass is 219 g/mol. The Bertz CT molecular complexity index is 530. The highest BCUT2D eigenvalue weighted by Crippen LogP contribution is 2.37. The lowest BCUT2D eigenvalue weighted by molar-refractivity contribution is 0.223. The van der Waals surface area contributed by atoms with Crippen molar-refractivity contribution in [2.75, 3.05) is 0 Å². The maximum atomic E-state index is 13.6. The van der Waals surface area contributed by atoms with Gasteiger partial charge in [-0.2, -0.15) is 0 Å². The van der Waals surface area contributed by atoms with E-state index in [0.29, 0.717) is 11.3 Å². The van der Waals surface area contributed by atoms with Gasteiger partial charge in [0.25, 0.3) is 0 Å². The second kappa shape index (κ2) is 3.00. The van der Waals surface area contributed by atoms with Crippen molar-refractivity contribution in [3.63, 3.8) is 0 Å². The number of halogens is 2.